The number of nitrogens with zero attached hydrogens (tertiary/aromatic N) is 4. The number of fused-ring (bicyclic) bond motifs is 1. The molecule has 4 N–H and O–H groups in total. The number of hydrogen-bond donors (Lipinski definition) is 4. The number of amides is 2. The van der Waals surface area contributed by atoms with Crippen LogP contribution in [0.15, 0.2) is 158 Å². The number of aromatic nitrogens is 4. The topological polar surface area (TPSA) is 161 Å². The van der Waals surface area contributed by atoms with Gasteiger partial charge in [0.2, 0.25) is 5.95 Å². The lowest BCUT2D eigenvalue weighted by Crippen LogP contribution is -2.39. The van der Waals surface area contributed by atoms with E-state index >= 15 is 0 Å². The lowest BCUT2D eigenvalue weighted by atomic mass is 9.80. The molecule has 12 heteroatoms. The largest absolute Gasteiger partial charge is 0.387 e. The summed E-state index contributed by atoms with van der Waals surface area (Å²) < 4.78 is 14.7. The molecule has 1 fully saturated rings. The number of anilines is 2. The smallest absolute Gasteiger partial charge is 0.258 e. The Morgan fingerprint density at radius 2 is 1.13 bits per heavy atom. The summed E-state index contributed by atoms with van der Waals surface area (Å²) in [6.07, 6.45) is -3.61. The lowest BCUT2D eigenvalue weighted by molar-refractivity contribution is -0.0942. The predicted octanol–water partition coefficient (Wildman–Crippen LogP) is 5.96. The standard InChI is InChI=1S/C43H36N6O6/c50-35-33(26-54-43(30-20-10-3-11-21-30,31-22-12-4-13-23-31)32-24-14-5-15-25-32)55-41(36(35)51)49-27-44-34-37(45-39(52)28-16-6-1-7-17-28)46-42(47-38(34)49)48-40(53)29-18-8-2-9-19-29/h1-25,27,33,35-36,41,50-51H,26H2,(H2,45,46,47,48,52,53)/t33-,35-,36-,41-/m1/s1. The van der Waals surface area contributed by atoms with Crippen molar-refractivity contribution in [3.63, 3.8) is 0 Å². The maximum absolute atomic E-state index is 13.3. The number of hydrogen-bond acceptors (Lipinski definition) is 9. The molecule has 0 bridgehead atoms. The van der Waals surface area contributed by atoms with Crippen LogP contribution >= 0.6 is 0 Å². The van der Waals surface area contributed by atoms with Crippen LogP contribution in [0.4, 0.5) is 11.8 Å². The summed E-state index contributed by atoms with van der Waals surface area (Å²) in [6, 6.07) is 46.5. The first-order valence-corrected chi connectivity index (χ1v) is 17.7. The highest BCUT2D eigenvalue weighted by Crippen LogP contribution is 2.42. The van der Waals surface area contributed by atoms with Crippen molar-refractivity contribution in [1.82, 2.24) is 19.5 Å². The highest BCUT2D eigenvalue weighted by atomic mass is 16.6. The van der Waals surface area contributed by atoms with Gasteiger partial charge in [0, 0.05) is 11.1 Å². The van der Waals surface area contributed by atoms with E-state index in [-0.39, 0.29) is 29.5 Å². The molecule has 0 aliphatic carbocycles. The van der Waals surface area contributed by atoms with Crippen molar-refractivity contribution in [1.29, 1.82) is 0 Å². The SMILES string of the molecule is O=C(Nc1nc(NC(=O)c2ccccc2)c2ncn([C@@H]3O[C@H](COC(c4ccccc4)(c4ccccc4)c4ccccc4)[C@@H](O)[C@H]3O)c2n1)c1ccccc1. The van der Waals surface area contributed by atoms with Gasteiger partial charge in [0.05, 0.1) is 12.9 Å². The van der Waals surface area contributed by atoms with Gasteiger partial charge in [-0.05, 0) is 41.0 Å². The van der Waals surface area contributed by atoms with Gasteiger partial charge in [-0.3, -0.25) is 19.5 Å². The number of carbonyl (C=O) groups is 2. The first-order chi connectivity index (χ1) is 26.9. The van der Waals surface area contributed by atoms with E-state index in [0.717, 1.165) is 16.7 Å². The molecule has 55 heavy (non-hydrogen) atoms. The molecule has 2 amide bonds. The molecule has 5 aromatic carbocycles. The van der Waals surface area contributed by atoms with Crippen molar-refractivity contribution < 1.29 is 29.3 Å². The maximum atomic E-state index is 13.3. The molecule has 4 atom stereocenters. The fourth-order valence-corrected chi connectivity index (χ4v) is 6.85. The summed E-state index contributed by atoms with van der Waals surface area (Å²) in [4.78, 5) is 39.9. The minimum atomic E-state index is -1.44. The van der Waals surface area contributed by atoms with Crippen LogP contribution in [0.5, 0.6) is 0 Å². The van der Waals surface area contributed by atoms with E-state index < -0.39 is 42.0 Å². The van der Waals surface area contributed by atoms with Crippen LogP contribution in [0.2, 0.25) is 0 Å². The van der Waals surface area contributed by atoms with E-state index in [1.807, 2.05) is 91.0 Å². The van der Waals surface area contributed by atoms with E-state index in [0.29, 0.717) is 11.1 Å². The first-order valence-electron chi connectivity index (χ1n) is 17.7. The fourth-order valence-electron chi connectivity index (χ4n) is 6.85. The molecule has 7 aromatic rings. The van der Waals surface area contributed by atoms with Gasteiger partial charge in [-0.25, -0.2) is 4.98 Å². The zero-order valence-electron chi connectivity index (χ0n) is 29.3. The Labute approximate surface area is 316 Å². The van der Waals surface area contributed by atoms with E-state index in [4.69, 9.17) is 9.47 Å². The van der Waals surface area contributed by atoms with Crippen LogP contribution in [-0.4, -0.2) is 66.5 Å². The summed E-state index contributed by atoms with van der Waals surface area (Å²) >= 11 is 0. The Hall–Kier alpha value is -6.57. The zero-order chi connectivity index (χ0) is 37.8. The Bertz CT molecular complexity index is 2300. The Morgan fingerprint density at radius 3 is 1.64 bits per heavy atom. The second-order valence-corrected chi connectivity index (χ2v) is 13.0. The number of benzene rings is 5. The zero-order valence-corrected chi connectivity index (χ0v) is 29.3. The second-order valence-electron chi connectivity index (χ2n) is 13.0. The molecule has 274 valence electrons. The molecule has 8 rings (SSSR count). The highest BCUT2D eigenvalue weighted by molar-refractivity contribution is 6.08. The molecule has 0 radical (unpaired) electrons. The van der Waals surface area contributed by atoms with Crippen LogP contribution in [0.25, 0.3) is 11.2 Å². The van der Waals surface area contributed by atoms with Crippen molar-refractivity contribution in [2.45, 2.75) is 30.1 Å². The van der Waals surface area contributed by atoms with Crippen LogP contribution < -0.4 is 10.6 Å². The number of ether oxygens (including phenoxy) is 2. The van der Waals surface area contributed by atoms with Crippen LogP contribution in [0.3, 0.4) is 0 Å². The normalized spacial score (nSPS) is 18.2. The summed E-state index contributed by atoms with van der Waals surface area (Å²) in [5.74, 6) is -1.04. The molecule has 12 nitrogen and oxygen atoms in total. The summed E-state index contributed by atoms with van der Waals surface area (Å²) in [7, 11) is 0. The van der Waals surface area contributed by atoms with E-state index in [1.165, 1.54) is 10.9 Å². The minimum absolute atomic E-state index is 0.0206. The Balaban J connectivity index is 1.13. The number of aliphatic hydroxyl groups is 2. The summed E-state index contributed by atoms with van der Waals surface area (Å²) in [5.41, 5.74) is 2.55. The third kappa shape index (κ3) is 6.98. The number of aliphatic hydroxyl groups excluding tert-OH is 2. The molecule has 0 unspecified atom stereocenters. The molecule has 1 saturated heterocycles. The molecule has 0 saturated carbocycles. The van der Waals surface area contributed by atoms with Crippen molar-refractivity contribution in [3.8, 4) is 0 Å². The monoisotopic (exact) mass is 732 g/mol. The molecular weight excluding hydrogens is 697 g/mol. The van der Waals surface area contributed by atoms with Crippen LogP contribution in [0.1, 0.15) is 43.6 Å². The molecule has 3 heterocycles. The quantitative estimate of drug-likeness (QED) is 0.118. The first kappa shape index (κ1) is 35.5. The van der Waals surface area contributed by atoms with E-state index in [2.05, 4.69) is 25.6 Å². The average molecular weight is 733 g/mol. The Morgan fingerprint density at radius 1 is 0.655 bits per heavy atom. The summed E-state index contributed by atoms with van der Waals surface area (Å²) in [5, 5.41) is 28.5. The van der Waals surface area contributed by atoms with Crippen molar-refractivity contribution in [2.75, 3.05) is 17.2 Å². The number of carbonyl (C=O) groups excluding carboxylic acids is 2. The van der Waals surface area contributed by atoms with Gasteiger partial charge in [0.25, 0.3) is 11.8 Å². The van der Waals surface area contributed by atoms with Gasteiger partial charge >= 0.3 is 0 Å². The third-order valence-corrected chi connectivity index (χ3v) is 9.57. The van der Waals surface area contributed by atoms with Gasteiger partial charge in [-0.2, -0.15) is 9.97 Å². The van der Waals surface area contributed by atoms with Crippen molar-refractivity contribution >= 4 is 34.7 Å². The Kier molecular flexibility index (Phi) is 9.94. The maximum Gasteiger partial charge on any atom is 0.258 e. The third-order valence-electron chi connectivity index (χ3n) is 9.57. The van der Waals surface area contributed by atoms with Gasteiger partial charge in [0.1, 0.15) is 23.9 Å². The number of rotatable bonds is 11. The van der Waals surface area contributed by atoms with E-state index in [1.54, 1.807) is 60.7 Å². The minimum Gasteiger partial charge on any atom is -0.387 e. The number of imidazole rings is 1. The van der Waals surface area contributed by atoms with Crippen LogP contribution in [-0.2, 0) is 15.1 Å². The van der Waals surface area contributed by atoms with Gasteiger partial charge in [-0.15, -0.1) is 0 Å². The van der Waals surface area contributed by atoms with E-state index in [9.17, 15) is 19.8 Å². The molecular formula is C43H36N6O6. The predicted molar refractivity (Wildman–Crippen MR) is 205 cm³/mol. The number of nitrogens with one attached hydrogen (secondary N) is 2. The highest BCUT2D eigenvalue weighted by Gasteiger charge is 2.47. The fraction of sp³-hybridized carbons (Fsp3) is 0.140. The molecule has 1 aliphatic rings. The average Bonchev–Trinajstić information content (AvgIpc) is 3.79. The molecule has 1 aliphatic heterocycles. The van der Waals surface area contributed by atoms with Gasteiger partial charge < -0.3 is 25.0 Å². The molecule has 2 aromatic heterocycles. The summed E-state index contributed by atoms with van der Waals surface area (Å²) in [6.45, 7) is -0.119. The van der Waals surface area contributed by atoms with Crippen molar-refractivity contribution in [2.24, 2.45) is 0 Å². The van der Waals surface area contributed by atoms with Crippen molar-refractivity contribution in [3.05, 3.63) is 186 Å². The van der Waals surface area contributed by atoms with Crippen LogP contribution in [0, 0.1) is 0 Å². The second kappa shape index (κ2) is 15.4. The molecule has 0 spiro atoms. The van der Waals surface area contributed by atoms with Gasteiger partial charge in [-0.1, -0.05) is 127 Å². The lowest BCUT2D eigenvalue weighted by Gasteiger charge is -2.37. The van der Waals surface area contributed by atoms with Gasteiger partial charge in [0.15, 0.2) is 23.2 Å².